The molecule has 3 rings (SSSR count). The van der Waals surface area contributed by atoms with Crippen molar-refractivity contribution >= 4 is 43.5 Å². The Morgan fingerprint density at radius 2 is 1.90 bits per heavy atom. The van der Waals surface area contributed by atoms with E-state index in [2.05, 4.69) is 20.9 Å². The quantitative estimate of drug-likeness (QED) is 0.745. The standard InChI is InChI=1S/C16H12BrNO2S/c17-11-7-5-10(6-8-11)9-12(16(19)20)15-18-13-3-1-2-4-14(13)21-15/h1-8,12H,9H2,(H,19,20). The Bertz CT molecular complexity index is 749. The van der Waals surface area contributed by atoms with Crippen LogP contribution in [0.1, 0.15) is 16.5 Å². The Morgan fingerprint density at radius 3 is 2.57 bits per heavy atom. The van der Waals surface area contributed by atoms with Gasteiger partial charge in [0.2, 0.25) is 0 Å². The van der Waals surface area contributed by atoms with Gasteiger partial charge in [0.25, 0.3) is 0 Å². The lowest BCUT2D eigenvalue weighted by Crippen LogP contribution is -2.14. The van der Waals surface area contributed by atoms with E-state index in [1.165, 1.54) is 11.3 Å². The molecule has 1 heterocycles. The summed E-state index contributed by atoms with van der Waals surface area (Å²) in [6.07, 6.45) is 0.447. The van der Waals surface area contributed by atoms with Gasteiger partial charge in [-0.05, 0) is 36.2 Å². The molecule has 0 saturated heterocycles. The molecule has 0 spiro atoms. The number of rotatable bonds is 4. The molecule has 3 nitrogen and oxygen atoms in total. The second-order valence-corrected chi connectivity index (χ2v) is 6.72. The molecule has 5 heteroatoms. The molecule has 2 aromatic carbocycles. The van der Waals surface area contributed by atoms with E-state index in [4.69, 9.17) is 0 Å². The van der Waals surface area contributed by atoms with E-state index in [0.29, 0.717) is 11.4 Å². The summed E-state index contributed by atoms with van der Waals surface area (Å²) in [5.41, 5.74) is 1.85. The molecule has 1 unspecified atom stereocenters. The van der Waals surface area contributed by atoms with E-state index in [9.17, 15) is 9.90 Å². The van der Waals surface area contributed by atoms with Gasteiger partial charge in [-0.25, -0.2) is 4.98 Å². The van der Waals surface area contributed by atoms with Gasteiger partial charge in [0, 0.05) is 4.47 Å². The first-order valence-electron chi connectivity index (χ1n) is 6.46. The lowest BCUT2D eigenvalue weighted by atomic mass is 10.0. The van der Waals surface area contributed by atoms with Gasteiger partial charge in [0.1, 0.15) is 10.9 Å². The van der Waals surface area contributed by atoms with Crippen LogP contribution < -0.4 is 0 Å². The lowest BCUT2D eigenvalue weighted by Gasteiger charge is -2.09. The maximum absolute atomic E-state index is 11.6. The van der Waals surface area contributed by atoms with Crippen LogP contribution >= 0.6 is 27.3 Å². The molecule has 1 aromatic heterocycles. The molecular weight excluding hydrogens is 350 g/mol. The number of hydrogen-bond acceptors (Lipinski definition) is 3. The fourth-order valence-electron chi connectivity index (χ4n) is 2.18. The van der Waals surface area contributed by atoms with Crippen LogP contribution in [0.4, 0.5) is 0 Å². The molecule has 0 aliphatic heterocycles. The molecule has 0 bridgehead atoms. The number of carboxylic acid groups (broad SMARTS) is 1. The van der Waals surface area contributed by atoms with Gasteiger partial charge >= 0.3 is 5.97 Å². The topological polar surface area (TPSA) is 50.2 Å². The van der Waals surface area contributed by atoms with Crippen molar-refractivity contribution in [2.45, 2.75) is 12.3 Å². The number of carboxylic acids is 1. The van der Waals surface area contributed by atoms with Gasteiger partial charge in [-0.1, -0.05) is 40.2 Å². The molecule has 3 aromatic rings. The van der Waals surface area contributed by atoms with Crippen LogP contribution in [-0.2, 0) is 11.2 Å². The third-order valence-corrected chi connectivity index (χ3v) is 4.94. The van der Waals surface area contributed by atoms with Gasteiger partial charge in [-0.15, -0.1) is 11.3 Å². The first-order valence-corrected chi connectivity index (χ1v) is 8.07. The zero-order valence-electron chi connectivity index (χ0n) is 11.0. The fraction of sp³-hybridized carbons (Fsp3) is 0.125. The number of para-hydroxylation sites is 1. The van der Waals surface area contributed by atoms with E-state index in [1.54, 1.807) is 0 Å². The van der Waals surface area contributed by atoms with E-state index < -0.39 is 11.9 Å². The summed E-state index contributed by atoms with van der Waals surface area (Å²) in [5.74, 6) is -1.44. The highest BCUT2D eigenvalue weighted by Gasteiger charge is 2.24. The third kappa shape index (κ3) is 3.14. The zero-order chi connectivity index (χ0) is 14.8. The van der Waals surface area contributed by atoms with Gasteiger partial charge in [0.05, 0.1) is 10.2 Å². The molecule has 0 fully saturated rings. The average molecular weight is 362 g/mol. The summed E-state index contributed by atoms with van der Waals surface area (Å²) in [5, 5.41) is 10.2. The molecular formula is C16H12BrNO2S. The number of carbonyl (C=O) groups is 1. The Hall–Kier alpha value is -1.72. The van der Waals surface area contributed by atoms with E-state index >= 15 is 0 Å². The summed E-state index contributed by atoms with van der Waals surface area (Å²) in [6, 6.07) is 15.5. The lowest BCUT2D eigenvalue weighted by molar-refractivity contribution is -0.138. The van der Waals surface area contributed by atoms with Crippen molar-refractivity contribution in [1.82, 2.24) is 4.98 Å². The molecule has 0 saturated carbocycles. The normalized spacial score (nSPS) is 12.4. The van der Waals surface area contributed by atoms with Crippen LogP contribution in [0.2, 0.25) is 0 Å². The molecule has 0 amide bonds. The van der Waals surface area contributed by atoms with Crippen LogP contribution in [0, 0.1) is 0 Å². The molecule has 21 heavy (non-hydrogen) atoms. The summed E-state index contributed by atoms with van der Waals surface area (Å²) in [4.78, 5) is 16.1. The van der Waals surface area contributed by atoms with Crippen molar-refractivity contribution in [3.63, 3.8) is 0 Å². The summed E-state index contributed by atoms with van der Waals surface area (Å²) in [6.45, 7) is 0. The van der Waals surface area contributed by atoms with Crippen molar-refractivity contribution in [2.24, 2.45) is 0 Å². The summed E-state index contributed by atoms with van der Waals surface area (Å²) in [7, 11) is 0. The number of hydrogen-bond donors (Lipinski definition) is 1. The van der Waals surface area contributed by atoms with Crippen LogP contribution in [0.15, 0.2) is 53.0 Å². The molecule has 0 aliphatic carbocycles. The van der Waals surface area contributed by atoms with Gasteiger partial charge in [-0.2, -0.15) is 0 Å². The van der Waals surface area contributed by atoms with Crippen LogP contribution in [-0.4, -0.2) is 16.1 Å². The zero-order valence-corrected chi connectivity index (χ0v) is 13.4. The Kier molecular flexibility index (Phi) is 4.03. The number of thiazole rings is 1. The van der Waals surface area contributed by atoms with E-state index in [-0.39, 0.29) is 0 Å². The number of halogens is 1. The van der Waals surface area contributed by atoms with E-state index in [0.717, 1.165) is 20.3 Å². The highest BCUT2D eigenvalue weighted by Crippen LogP contribution is 2.30. The first-order chi connectivity index (χ1) is 10.1. The molecule has 0 radical (unpaired) electrons. The van der Waals surface area contributed by atoms with Crippen LogP contribution in [0.25, 0.3) is 10.2 Å². The predicted molar refractivity (Wildman–Crippen MR) is 87.8 cm³/mol. The SMILES string of the molecule is O=C(O)C(Cc1ccc(Br)cc1)c1nc2ccccc2s1. The molecule has 106 valence electrons. The number of aliphatic carboxylic acids is 1. The second-order valence-electron chi connectivity index (χ2n) is 4.74. The molecule has 0 aliphatic rings. The average Bonchev–Trinajstić information content (AvgIpc) is 2.89. The third-order valence-electron chi connectivity index (χ3n) is 3.26. The highest BCUT2D eigenvalue weighted by atomic mass is 79.9. The van der Waals surface area contributed by atoms with Crippen molar-refractivity contribution < 1.29 is 9.90 Å². The predicted octanol–water partition coefficient (Wildman–Crippen LogP) is 4.47. The summed E-state index contributed by atoms with van der Waals surface area (Å²) < 4.78 is 2.01. The molecule has 1 atom stereocenters. The second kappa shape index (κ2) is 5.95. The Balaban J connectivity index is 1.93. The van der Waals surface area contributed by atoms with E-state index in [1.807, 2.05) is 48.5 Å². The molecule has 1 N–H and O–H groups in total. The van der Waals surface area contributed by atoms with Crippen molar-refractivity contribution in [2.75, 3.05) is 0 Å². The smallest absolute Gasteiger partial charge is 0.313 e. The monoisotopic (exact) mass is 361 g/mol. The number of nitrogens with zero attached hydrogens (tertiary/aromatic N) is 1. The maximum Gasteiger partial charge on any atom is 0.313 e. The van der Waals surface area contributed by atoms with Crippen molar-refractivity contribution in [3.8, 4) is 0 Å². The highest BCUT2D eigenvalue weighted by molar-refractivity contribution is 9.10. The van der Waals surface area contributed by atoms with Crippen LogP contribution in [0.5, 0.6) is 0 Å². The minimum Gasteiger partial charge on any atom is -0.481 e. The van der Waals surface area contributed by atoms with Crippen molar-refractivity contribution in [1.29, 1.82) is 0 Å². The van der Waals surface area contributed by atoms with Gasteiger partial charge < -0.3 is 5.11 Å². The number of fused-ring (bicyclic) bond motifs is 1. The number of benzene rings is 2. The first kappa shape index (κ1) is 14.2. The minimum atomic E-state index is -0.836. The fourth-order valence-corrected chi connectivity index (χ4v) is 3.50. The minimum absolute atomic E-state index is 0.447. The Labute approximate surface area is 134 Å². The van der Waals surface area contributed by atoms with Gasteiger partial charge in [0.15, 0.2) is 0 Å². The van der Waals surface area contributed by atoms with Crippen LogP contribution in [0.3, 0.4) is 0 Å². The van der Waals surface area contributed by atoms with Crippen molar-refractivity contribution in [3.05, 3.63) is 63.6 Å². The maximum atomic E-state index is 11.6. The summed E-state index contributed by atoms with van der Waals surface area (Å²) >= 11 is 4.84. The number of aromatic nitrogens is 1. The largest absolute Gasteiger partial charge is 0.481 e. The van der Waals surface area contributed by atoms with Gasteiger partial charge in [-0.3, -0.25) is 4.79 Å². The Morgan fingerprint density at radius 1 is 1.19 bits per heavy atom.